The minimum Gasteiger partial charge on any atom is -0.439 e. The highest BCUT2D eigenvalue weighted by atomic mass is 32.1. The van der Waals surface area contributed by atoms with Crippen LogP contribution in [0.2, 0.25) is 0 Å². The number of rotatable bonds is 5. The number of aromatic nitrogens is 3. The molecule has 3 aromatic heterocycles. The van der Waals surface area contributed by atoms with E-state index in [4.69, 9.17) is 4.74 Å². The van der Waals surface area contributed by atoms with Crippen LogP contribution in [0.3, 0.4) is 0 Å². The van der Waals surface area contributed by atoms with Crippen LogP contribution in [0.25, 0.3) is 21.1 Å². The largest absolute Gasteiger partial charge is 0.439 e. The summed E-state index contributed by atoms with van der Waals surface area (Å²) in [6.07, 6.45) is 5.00. The maximum atomic E-state index is 13.9. The van der Waals surface area contributed by atoms with Gasteiger partial charge in [0.05, 0.1) is 5.69 Å². The van der Waals surface area contributed by atoms with Crippen molar-refractivity contribution >= 4 is 55.2 Å². The van der Waals surface area contributed by atoms with Gasteiger partial charge in [0.2, 0.25) is 11.8 Å². The number of anilines is 2. The summed E-state index contributed by atoms with van der Waals surface area (Å²) in [5.74, 6) is -0.655. The Morgan fingerprint density at radius 2 is 1.81 bits per heavy atom. The molecule has 0 saturated heterocycles. The zero-order valence-corrected chi connectivity index (χ0v) is 19.3. The first-order chi connectivity index (χ1) is 17.4. The Hall–Kier alpha value is -4.38. The molecule has 1 saturated carbocycles. The Labute approximate surface area is 206 Å². The van der Waals surface area contributed by atoms with Crippen LogP contribution >= 0.6 is 11.3 Å². The molecule has 2 N–H and O–H groups in total. The van der Waals surface area contributed by atoms with Crippen LogP contribution in [0.15, 0.2) is 60.9 Å². The molecule has 1 aliphatic rings. The van der Waals surface area contributed by atoms with Crippen molar-refractivity contribution in [2.75, 3.05) is 10.6 Å². The number of hydrogen-bond donors (Lipinski definition) is 2. The molecule has 0 radical (unpaired) electrons. The van der Waals surface area contributed by atoms with Gasteiger partial charge >= 0.3 is 6.03 Å². The Morgan fingerprint density at radius 1 is 0.972 bits per heavy atom. The highest BCUT2D eigenvalue weighted by Crippen LogP contribution is 2.33. The van der Waals surface area contributed by atoms with E-state index >= 15 is 0 Å². The number of hydrogen-bond acceptors (Lipinski definition) is 6. The second kappa shape index (κ2) is 8.68. The summed E-state index contributed by atoms with van der Waals surface area (Å²) in [7, 11) is 0. The molecule has 8 nitrogen and oxygen atoms in total. The third-order valence-corrected chi connectivity index (χ3v) is 6.53. The summed E-state index contributed by atoms with van der Waals surface area (Å²) in [6, 6.07) is 11.1. The topological polar surface area (TPSA) is 98.1 Å². The van der Waals surface area contributed by atoms with Crippen LogP contribution in [-0.2, 0) is 4.79 Å². The highest BCUT2D eigenvalue weighted by Gasteiger charge is 2.30. The number of carbonyl (C=O) groups is 2. The highest BCUT2D eigenvalue weighted by molar-refractivity contribution is 7.21. The zero-order valence-electron chi connectivity index (χ0n) is 18.5. The third-order valence-electron chi connectivity index (χ3n) is 5.65. The number of carbonyl (C=O) groups excluding carboxylic acids is 2. The molecular formula is C25H17F2N5O3S. The lowest BCUT2D eigenvalue weighted by Crippen LogP contribution is -2.18. The lowest BCUT2D eigenvalue weighted by Gasteiger charge is -2.06. The number of thiazole rings is 1. The fourth-order valence-electron chi connectivity index (χ4n) is 3.65. The van der Waals surface area contributed by atoms with Crippen molar-refractivity contribution in [1.29, 1.82) is 0 Å². The Balaban J connectivity index is 1.18. The molecule has 0 spiro atoms. The maximum Gasteiger partial charge on any atom is 0.330 e. The molecule has 11 heteroatoms. The van der Waals surface area contributed by atoms with Crippen LogP contribution in [0.1, 0.15) is 12.8 Å². The van der Waals surface area contributed by atoms with E-state index in [1.165, 1.54) is 15.9 Å². The monoisotopic (exact) mass is 505 g/mol. The Bertz CT molecular complexity index is 1660. The zero-order chi connectivity index (χ0) is 24.8. The summed E-state index contributed by atoms with van der Waals surface area (Å²) in [6.45, 7) is 0. The molecule has 180 valence electrons. The van der Waals surface area contributed by atoms with Gasteiger partial charge in [-0.05, 0) is 49.2 Å². The van der Waals surface area contributed by atoms with Crippen LogP contribution in [0, 0.1) is 17.6 Å². The molecule has 1 fully saturated rings. The first-order valence-electron chi connectivity index (χ1n) is 11.1. The number of pyridine rings is 1. The molecule has 0 bridgehead atoms. The van der Waals surface area contributed by atoms with Crippen molar-refractivity contribution in [2.45, 2.75) is 12.8 Å². The second-order valence-electron chi connectivity index (χ2n) is 8.37. The summed E-state index contributed by atoms with van der Waals surface area (Å²) in [4.78, 5) is 34.0. The van der Waals surface area contributed by atoms with E-state index in [9.17, 15) is 18.4 Å². The predicted molar refractivity (Wildman–Crippen MR) is 132 cm³/mol. The van der Waals surface area contributed by atoms with Gasteiger partial charge in [-0.15, -0.1) is 0 Å². The second-order valence-corrected chi connectivity index (χ2v) is 9.35. The first kappa shape index (κ1) is 22.1. The maximum absolute atomic E-state index is 13.9. The number of nitrogens with one attached hydrogen (secondary N) is 2. The standard InChI is InChI=1S/C25H17F2N5O3S/c26-16-4-6-19(18(27)10-16)29-25(34)32-11-14-3-5-17(9-15(14)12-32)35-21-8-7-20-23(30-21)36-24(28-20)31-22(33)13-1-2-13/h3-13H,1-2H2,(H,29,34)(H,28,31,33). The number of amides is 2. The number of fused-ring (bicyclic) bond motifs is 2. The molecule has 1 aliphatic carbocycles. The fraction of sp³-hybridized carbons (Fsp3) is 0.120. The predicted octanol–water partition coefficient (Wildman–Crippen LogP) is 6.15. The first-order valence-corrected chi connectivity index (χ1v) is 11.9. The molecule has 3 heterocycles. The van der Waals surface area contributed by atoms with E-state index in [1.54, 1.807) is 42.7 Å². The van der Waals surface area contributed by atoms with E-state index in [0.717, 1.165) is 30.4 Å². The molecule has 6 rings (SSSR count). The van der Waals surface area contributed by atoms with Crippen molar-refractivity contribution < 1.29 is 23.1 Å². The van der Waals surface area contributed by atoms with E-state index in [0.29, 0.717) is 38.6 Å². The number of ether oxygens (including phenoxy) is 1. The van der Waals surface area contributed by atoms with Crippen molar-refractivity contribution in [3.05, 3.63) is 72.6 Å². The SMILES string of the molecule is O=C(Nc1nc2ccc(Oc3ccc4cn(C(=O)Nc5ccc(F)cc5F)cc4c3)nc2s1)C1CC1. The van der Waals surface area contributed by atoms with Gasteiger partial charge in [0.15, 0.2) is 5.13 Å². The van der Waals surface area contributed by atoms with Gasteiger partial charge in [-0.1, -0.05) is 11.3 Å². The van der Waals surface area contributed by atoms with Crippen LogP contribution in [0.5, 0.6) is 11.6 Å². The molecule has 2 aromatic carbocycles. The fourth-order valence-corrected chi connectivity index (χ4v) is 4.49. The molecule has 5 aromatic rings. The van der Waals surface area contributed by atoms with Crippen LogP contribution < -0.4 is 15.4 Å². The van der Waals surface area contributed by atoms with E-state index in [2.05, 4.69) is 20.6 Å². The molecule has 0 unspecified atom stereocenters. The minimum absolute atomic E-state index is 0.0118. The van der Waals surface area contributed by atoms with Gasteiger partial charge in [-0.25, -0.2) is 23.5 Å². The number of nitrogens with zero attached hydrogens (tertiary/aromatic N) is 3. The molecule has 2 amide bonds. The quantitative estimate of drug-likeness (QED) is 0.299. The average Bonchev–Trinajstić information content (AvgIpc) is 3.50. The Morgan fingerprint density at radius 3 is 2.61 bits per heavy atom. The van der Waals surface area contributed by atoms with Crippen LogP contribution in [0.4, 0.5) is 24.4 Å². The molecule has 0 aliphatic heterocycles. The van der Waals surface area contributed by atoms with Crippen molar-refractivity contribution in [3.8, 4) is 11.6 Å². The van der Waals surface area contributed by atoms with Gasteiger partial charge in [-0.2, -0.15) is 0 Å². The van der Waals surface area contributed by atoms with Crippen LogP contribution in [-0.4, -0.2) is 26.5 Å². The average molecular weight is 506 g/mol. The summed E-state index contributed by atoms with van der Waals surface area (Å²) >= 11 is 1.28. The van der Waals surface area contributed by atoms with Gasteiger partial charge in [0, 0.05) is 41.2 Å². The molecule has 0 atom stereocenters. The van der Waals surface area contributed by atoms with Gasteiger partial charge in [0.1, 0.15) is 27.7 Å². The van der Waals surface area contributed by atoms with Crippen molar-refractivity contribution in [1.82, 2.24) is 14.5 Å². The van der Waals surface area contributed by atoms with Gasteiger partial charge < -0.3 is 15.4 Å². The normalized spacial score (nSPS) is 13.2. The third kappa shape index (κ3) is 4.48. The van der Waals surface area contributed by atoms with Crippen molar-refractivity contribution in [3.63, 3.8) is 0 Å². The van der Waals surface area contributed by atoms with Gasteiger partial charge in [0.25, 0.3) is 0 Å². The van der Waals surface area contributed by atoms with Gasteiger partial charge in [-0.3, -0.25) is 9.36 Å². The number of halogens is 2. The van der Waals surface area contributed by atoms with Crippen molar-refractivity contribution in [2.24, 2.45) is 5.92 Å². The van der Waals surface area contributed by atoms with E-state index in [-0.39, 0.29) is 17.5 Å². The van der Waals surface area contributed by atoms with E-state index < -0.39 is 17.7 Å². The molecule has 36 heavy (non-hydrogen) atoms. The van der Waals surface area contributed by atoms with E-state index in [1.807, 2.05) is 0 Å². The smallest absolute Gasteiger partial charge is 0.330 e. The molecular weight excluding hydrogens is 488 g/mol. The summed E-state index contributed by atoms with van der Waals surface area (Å²) in [5, 5.41) is 7.23. The summed E-state index contributed by atoms with van der Waals surface area (Å²) < 4.78 is 34.2. The number of benzene rings is 2. The lowest BCUT2D eigenvalue weighted by molar-refractivity contribution is -0.117. The lowest BCUT2D eigenvalue weighted by atomic mass is 10.2. The summed E-state index contributed by atoms with van der Waals surface area (Å²) in [5.41, 5.74) is 0.539. The Kier molecular flexibility index (Phi) is 5.33. The minimum atomic E-state index is -0.862.